The highest BCUT2D eigenvalue weighted by Gasteiger charge is 2.19. The predicted molar refractivity (Wildman–Crippen MR) is 90.4 cm³/mol. The van der Waals surface area contributed by atoms with Crippen molar-refractivity contribution in [3.63, 3.8) is 0 Å². The summed E-state index contributed by atoms with van der Waals surface area (Å²) in [4.78, 5) is 24.4. The predicted octanol–water partition coefficient (Wildman–Crippen LogP) is 2.23. The van der Waals surface area contributed by atoms with Crippen LogP contribution in [-0.2, 0) is 0 Å². The molecule has 0 aliphatic heterocycles. The second-order valence-corrected chi connectivity index (χ2v) is 5.37. The molecule has 2 aromatic heterocycles. The Bertz CT molecular complexity index is 949. The van der Waals surface area contributed by atoms with Crippen LogP contribution in [0.3, 0.4) is 0 Å². The molecular weight excluding hydrogens is 360 g/mol. The summed E-state index contributed by atoms with van der Waals surface area (Å²) in [5.74, 6) is -1.34. The molecule has 0 aliphatic rings. The van der Waals surface area contributed by atoms with Gasteiger partial charge in [-0.05, 0) is 13.0 Å². The minimum absolute atomic E-state index is 0.194. The van der Waals surface area contributed by atoms with E-state index in [9.17, 15) is 13.6 Å². The van der Waals surface area contributed by atoms with Gasteiger partial charge in [-0.15, -0.1) is 0 Å². The van der Waals surface area contributed by atoms with E-state index in [2.05, 4.69) is 30.7 Å². The SMILES string of the molecule is COc1cc(NC(=O)N[C@@H](C)c2ncnn2-c2ncccn2)c(F)cc1F. The molecule has 2 N–H and O–H groups in total. The van der Waals surface area contributed by atoms with Gasteiger partial charge in [-0.1, -0.05) is 0 Å². The first-order valence-electron chi connectivity index (χ1n) is 7.77. The number of nitrogens with one attached hydrogen (secondary N) is 2. The first kappa shape index (κ1) is 18.2. The zero-order valence-electron chi connectivity index (χ0n) is 14.3. The van der Waals surface area contributed by atoms with Gasteiger partial charge in [0.2, 0.25) is 0 Å². The second kappa shape index (κ2) is 7.72. The molecule has 11 heteroatoms. The minimum atomic E-state index is -0.933. The Labute approximate surface area is 152 Å². The van der Waals surface area contributed by atoms with Gasteiger partial charge in [-0.2, -0.15) is 9.78 Å². The molecule has 0 aliphatic carbocycles. The monoisotopic (exact) mass is 375 g/mol. The van der Waals surface area contributed by atoms with Crippen LogP contribution in [0.25, 0.3) is 5.95 Å². The van der Waals surface area contributed by atoms with Crippen molar-refractivity contribution in [1.29, 1.82) is 0 Å². The number of amides is 2. The molecule has 0 fully saturated rings. The Hall–Kier alpha value is -3.63. The average Bonchev–Trinajstić information content (AvgIpc) is 3.14. The number of halogens is 2. The van der Waals surface area contributed by atoms with E-state index in [1.807, 2.05) is 0 Å². The third-order valence-corrected chi connectivity index (χ3v) is 3.54. The summed E-state index contributed by atoms with van der Waals surface area (Å²) in [7, 11) is 1.24. The number of anilines is 1. The maximum Gasteiger partial charge on any atom is 0.319 e. The number of hydrogen-bond acceptors (Lipinski definition) is 6. The topological polar surface area (TPSA) is 107 Å². The van der Waals surface area contributed by atoms with Crippen molar-refractivity contribution in [3.05, 3.63) is 54.4 Å². The highest BCUT2D eigenvalue weighted by Crippen LogP contribution is 2.25. The Balaban J connectivity index is 1.73. The zero-order chi connectivity index (χ0) is 19.4. The smallest absolute Gasteiger partial charge is 0.319 e. The van der Waals surface area contributed by atoms with Crippen LogP contribution in [0, 0.1) is 11.6 Å². The Morgan fingerprint density at radius 2 is 1.93 bits per heavy atom. The number of ether oxygens (including phenoxy) is 1. The molecule has 0 bridgehead atoms. The number of carbonyl (C=O) groups excluding carboxylic acids is 1. The molecule has 1 atom stereocenters. The molecule has 3 aromatic rings. The van der Waals surface area contributed by atoms with E-state index in [0.29, 0.717) is 11.9 Å². The van der Waals surface area contributed by atoms with Crippen molar-refractivity contribution < 1.29 is 18.3 Å². The largest absolute Gasteiger partial charge is 0.494 e. The van der Waals surface area contributed by atoms with E-state index in [0.717, 1.165) is 6.07 Å². The van der Waals surface area contributed by atoms with Crippen molar-refractivity contribution in [2.45, 2.75) is 13.0 Å². The third kappa shape index (κ3) is 3.97. The van der Waals surface area contributed by atoms with Gasteiger partial charge >= 0.3 is 6.03 Å². The number of carbonyl (C=O) groups is 1. The van der Waals surface area contributed by atoms with Gasteiger partial charge in [0, 0.05) is 24.5 Å². The number of aromatic nitrogens is 5. The number of rotatable bonds is 5. The number of nitrogens with zero attached hydrogens (tertiary/aromatic N) is 5. The van der Waals surface area contributed by atoms with Gasteiger partial charge in [-0.25, -0.2) is 28.5 Å². The van der Waals surface area contributed by atoms with E-state index < -0.39 is 23.7 Å². The van der Waals surface area contributed by atoms with Crippen molar-refractivity contribution in [1.82, 2.24) is 30.0 Å². The van der Waals surface area contributed by atoms with Crippen LogP contribution < -0.4 is 15.4 Å². The van der Waals surface area contributed by atoms with Crippen LogP contribution >= 0.6 is 0 Å². The summed E-state index contributed by atoms with van der Waals surface area (Å²) < 4.78 is 33.4. The zero-order valence-corrected chi connectivity index (χ0v) is 14.3. The summed E-state index contributed by atoms with van der Waals surface area (Å²) in [5.41, 5.74) is -0.231. The maximum atomic E-state index is 13.8. The lowest BCUT2D eigenvalue weighted by Crippen LogP contribution is -2.33. The van der Waals surface area contributed by atoms with E-state index in [-0.39, 0.29) is 17.4 Å². The summed E-state index contributed by atoms with van der Waals surface area (Å²) in [6.45, 7) is 1.66. The van der Waals surface area contributed by atoms with Crippen LogP contribution in [-0.4, -0.2) is 37.9 Å². The van der Waals surface area contributed by atoms with Crippen LogP contribution in [0.4, 0.5) is 19.3 Å². The third-order valence-electron chi connectivity index (χ3n) is 3.54. The fourth-order valence-electron chi connectivity index (χ4n) is 2.30. The lowest BCUT2D eigenvalue weighted by molar-refractivity contribution is 0.248. The highest BCUT2D eigenvalue weighted by molar-refractivity contribution is 5.89. The van der Waals surface area contributed by atoms with Gasteiger partial charge in [-0.3, -0.25) is 0 Å². The first-order valence-corrected chi connectivity index (χ1v) is 7.77. The molecule has 0 spiro atoms. The van der Waals surface area contributed by atoms with Crippen LogP contribution in [0.2, 0.25) is 0 Å². The molecule has 0 unspecified atom stereocenters. The number of methoxy groups -OCH3 is 1. The molecule has 9 nitrogen and oxygen atoms in total. The summed E-state index contributed by atoms with van der Waals surface area (Å²) in [6.07, 6.45) is 4.39. The first-order chi connectivity index (χ1) is 13.0. The summed E-state index contributed by atoms with van der Waals surface area (Å²) >= 11 is 0. The number of urea groups is 1. The Morgan fingerprint density at radius 1 is 1.19 bits per heavy atom. The van der Waals surface area contributed by atoms with E-state index in [1.54, 1.807) is 25.4 Å². The second-order valence-electron chi connectivity index (χ2n) is 5.37. The van der Waals surface area contributed by atoms with Gasteiger partial charge in [0.05, 0.1) is 18.8 Å². The summed E-state index contributed by atoms with van der Waals surface area (Å²) in [5, 5.41) is 8.93. The van der Waals surface area contributed by atoms with Crippen molar-refractivity contribution in [2.24, 2.45) is 0 Å². The summed E-state index contributed by atoms with van der Waals surface area (Å²) in [6, 6.07) is 2.00. The van der Waals surface area contributed by atoms with E-state index in [4.69, 9.17) is 4.74 Å². The molecule has 3 rings (SSSR count). The molecule has 0 radical (unpaired) electrons. The standard InChI is InChI=1S/C16H15F2N7O2/c1-9(14-21-8-22-25(14)15-19-4-3-5-20-15)23-16(26)24-12-7-13(27-2)11(18)6-10(12)17/h3-9H,1-2H3,(H2,23,24,26)/t9-/m0/s1. The lowest BCUT2D eigenvalue weighted by Gasteiger charge is -2.15. The molecule has 140 valence electrons. The van der Waals surface area contributed by atoms with E-state index >= 15 is 0 Å². The fourth-order valence-corrected chi connectivity index (χ4v) is 2.30. The number of hydrogen-bond donors (Lipinski definition) is 2. The molecule has 1 aromatic carbocycles. The van der Waals surface area contributed by atoms with E-state index in [1.165, 1.54) is 18.1 Å². The molecule has 0 saturated heterocycles. The van der Waals surface area contributed by atoms with Crippen LogP contribution in [0.1, 0.15) is 18.8 Å². The number of benzene rings is 1. The van der Waals surface area contributed by atoms with Gasteiger partial charge < -0.3 is 15.4 Å². The van der Waals surface area contributed by atoms with Gasteiger partial charge in [0.15, 0.2) is 17.4 Å². The van der Waals surface area contributed by atoms with Gasteiger partial charge in [0.1, 0.15) is 12.1 Å². The molecule has 2 heterocycles. The average molecular weight is 375 g/mol. The van der Waals surface area contributed by atoms with Crippen LogP contribution in [0.5, 0.6) is 5.75 Å². The minimum Gasteiger partial charge on any atom is -0.494 e. The van der Waals surface area contributed by atoms with Gasteiger partial charge in [0.25, 0.3) is 5.95 Å². The van der Waals surface area contributed by atoms with Crippen LogP contribution in [0.15, 0.2) is 36.9 Å². The molecule has 0 saturated carbocycles. The molecule has 2 amide bonds. The highest BCUT2D eigenvalue weighted by atomic mass is 19.1. The van der Waals surface area contributed by atoms with Crippen molar-refractivity contribution in [2.75, 3.05) is 12.4 Å². The Morgan fingerprint density at radius 3 is 2.63 bits per heavy atom. The molecular formula is C16H15F2N7O2. The normalized spacial score (nSPS) is 11.7. The molecule has 27 heavy (non-hydrogen) atoms. The lowest BCUT2D eigenvalue weighted by atomic mass is 10.2. The Kier molecular flexibility index (Phi) is 5.20. The quantitative estimate of drug-likeness (QED) is 0.708. The maximum absolute atomic E-state index is 13.8. The van der Waals surface area contributed by atoms with Crippen molar-refractivity contribution in [3.8, 4) is 11.7 Å². The fraction of sp³-hybridized carbons (Fsp3) is 0.188. The van der Waals surface area contributed by atoms with Crippen molar-refractivity contribution >= 4 is 11.7 Å².